The molecule has 0 radical (unpaired) electrons. The van der Waals surface area contributed by atoms with E-state index in [0.717, 1.165) is 18.4 Å². The third-order valence-corrected chi connectivity index (χ3v) is 2.91. The van der Waals surface area contributed by atoms with Crippen molar-refractivity contribution in [1.29, 1.82) is 0 Å². The van der Waals surface area contributed by atoms with Crippen LogP contribution >= 0.6 is 0 Å². The van der Waals surface area contributed by atoms with Crippen LogP contribution in [0.2, 0.25) is 0 Å². The maximum atomic E-state index is 11.5. The van der Waals surface area contributed by atoms with Crippen molar-refractivity contribution >= 4 is 5.78 Å². The van der Waals surface area contributed by atoms with E-state index in [2.05, 4.69) is 20.4 Å². The summed E-state index contributed by atoms with van der Waals surface area (Å²) in [4.78, 5) is 11.5. The highest BCUT2D eigenvalue weighted by Gasteiger charge is 2.33. The maximum absolute atomic E-state index is 11.5. The van der Waals surface area contributed by atoms with Crippen molar-refractivity contribution in [3.05, 3.63) is 23.8 Å². The Kier molecular flexibility index (Phi) is 2.95. The zero-order valence-corrected chi connectivity index (χ0v) is 9.26. The van der Waals surface area contributed by atoms with Gasteiger partial charge in [-0.3, -0.25) is 4.79 Å². The zero-order chi connectivity index (χ0) is 10.9. The van der Waals surface area contributed by atoms with Gasteiger partial charge in [0.05, 0.1) is 0 Å². The molecule has 2 heteroatoms. The van der Waals surface area contributed by atoms with Crippen molar-refractivity contribution in [3.63, 3.8) is 0 Å². The number of ketones is 1. The largest absolute Gasteiger partial charge is 0.324 e. The predicted molar refractivity (Wildman–Crippen MR) is 58.9 cm³/mol. The second-order valence-corrected chi connectivity index (χ2v) is 4.64. The van der Waals surface area contributed by atoms with E-state index >= 15 is 0 Å². The minimum atomic E-state index is -0.0135. The molecule has 0 aromatic carbocycles. The lowest BCUT2D eigenvalue weighted by atomic mass is 9.71. The Morgan fingerprint density at radius 1 is 1.64 bits per heavy atom. The monoisotopic (exact) mass is 193 g/mol. The fraction of sp³-hybridized carbons (Fsp3) is 0.583. The first-order chi connectivity index (χ1) is 6.38. The molecule has 2 N–H and O–H groups in total. The van der Waals surface area contributed by atoms with Crippen molar-refractivity contribution in [3.8, 4) is 0 Å². The lowest BCUT2D eigenvalue weighted by molar-refractivity contribution is -0.112. The number of carbonyl (C=O) groups is 1. The van der Waals surface area contributed by atoms with Gasteiger partial charge in [-0.15, -0.1) is 0 Å². The number of hydrogen-bond acceptors (Lipinski definition) is 2. The summed E-state index contributed by atoms with van der Waals surface area (Å²) in [6, 6.07) is 0.00190. The molecule has 1 unspecified atom stereocenters. The molecule has 0 amide bonds. The molecular formula is C12H19NO. The van der Waals surface area contributed by atoms with Gasteiger partial charge < -0.3 is 5.73 Å². The van der Waals surface area contributed by atoms with E-state index in [1.807, 2.05) is 6.92 Å². The molecule has 0 saturated heterocycles. The van der Waals surface area contributed by atoms with Crippen LogP contribution < -0.4 is 5.73 Å². The fourth-order valence-corrected chi connectivity index (χ4v) is 1.99. The van der Waals surface area contributed by atoms with E-state index in [1.165, 1.54) is 0 Å². The molecule has 14 heavy (non-hydrogen) atoms. The Morgan fingerprint density at radius 3 is 2.71 bits per heavy atom. The topological polar surface area (TPSA) is 43.1 Å². The molecule has 0 aromatic heterocycles. The van der Waals surface area contributed by atoms with E-state index in [4.69, 9.17) is 5.73 Å². The molecule has 78 valence electrons. The molecule has 0 spiro atoms. The zero-order valence-electron chi connectivity index (χ0n) is 9.26. The van der Waals surface area contributed by atoms with Gasteiger partial charge >= 0.3 is 0 Å². The number of carbonyl (C=O) groups excluding carboxylic acids is 1. The van der Waals surface area contributed by atoms with Gasteiger partial charge in [0.2, 0.25) is 0 Å². The van der Waals surface area contributed by atoms with Crippen LogP contribution in [-0.4, -0.2) is 11.8 Å². The number of hydrogen-bond donors (Lipinski definition) is 1. The fourth-order valence-electron chi connectivity index (χ4n) is 1.99. The molecule has 1 aliphatic carbocycles. The van der Waals surface area contributed by atoms with E-state index in [0.29, 0.717) is 5.57 Å². The molecular weight excluding hydrogens is 174 g/mol. The Bertz CT molecular complexity index is 299. The van der Waals surface area contributed by atoms with Crippen molar-refractivity contribution in [2.75, 3.05) is 0 Å². The summed E-state index contributed by atoms with van der Waals surface area (Å²) >= 11 is 0. The minimum absolute atomic E-state index is 0.00190. The summed E-state index contributed by atoms with van der Waals surface area (Å²) in [5, 5.41) is 0. The van der Waals surface area contributed by atoms with Crippen LogP contribution in [0.5, 0.6) is 0 Å². The van der Waals surface area contributed by atoms with Crippen molar-refractivity contribution in [2.45, 2.75) is 39.7 Å². The van der Waals surface area contributed by atoms with Gasteiger partial charge in [0.15, 0.2) is 5.78 Å². The summed E-state index contributed by atoms with van der Waals surface area (Å²) < 4.78 is 0. The Morgan fingerprint density at radius 2 is 2.21 bits per heavy atom. The summed E-state index contributed by atoms with van der Waals surface area (Å²) in [7, 11) is 0. The summed E-state index contributed by atoms with van der Waals surface area (Å²) in [6.07, 6.45) is 3.28. The van der Waals surface area contributed by atoms with Crippen molar-refractivity contribution in [1.82, 2.24) is 0 Å². The van der Waals surface area contributed by atoms with E-state index in [9.17, 15) is 4.79 Å². The second kappa shape index (κ2) is 3.70. The molecule has 0 bridgehead atoms. The van der Waals surface area contributed by atoms with Crippen LogP contribution in [0.25, 0.3) is 0 Å². The molecule has 0 aliphatic heterocycles. The van der Waals surface area contributed by atoms with Crippen LogP contribution in [0.15, 0.2) is 23.8 Å². The van der Waals surface area contributed by atoms with Gasteiger partial charge in [0.25, 0.3) is 0 Å². The van der Waals surface area contributed by atoms with Gasteiger partial charge in [0, 0.05) is 6.04 Å². The first-order valence-electron chi connectivity index (χ1n) is 5.08. The predicted octanol–water partition coefficient (Wildman–Crippen LogP) is 2.21. The molecule has 0 heterocycles. The summed E-state index contributed by atoms with van der Waals surface area (Å²) in [5.74, 6) is 0.0447. The van der Waals surface area contributed by atoms with Gasteiger partial charge in [-0.25, -0.2) is 0 Å². The van der Waals surface area contributed by atoms with E-state index in [1.54, 1.807) is 6.08 Å². The van der Waals surface area contributed by atoms with Crippen LogP contribution in [0, 0.1) is 5.41 Å². The number of rotatable bonds is 2. The first kappa shape index (κ1) is 11.2. The molecule has 0 aromatic rings. The van der Waals surface area contributed by atoms with Gasteiger partial charge in [-0.2, -0.15) is 0 Å². The molecule has 1 atom stereocenters. The van der Waals surface area contributed by atoms with Crippen molar-refractivity contribution in [2.24, 2.45) is 11.1 Å². The normalized spacial score (nSPS) is 23.3. The van der Waals surface area contributed by atoms with Gasteiger partial charge in [0.1, 0.15) is 0 Å². The standard InChI is InChI=1S/C12H19NO/c1-5-10(13)9-6-11(14)8(2)7-12(9,3)4/h6,10H,2,5,7,13H2,1,3-4H3. The van der Waals surface area contributed by atoms with Crippen LogP contribution in [-0.2, 0) is 4.79 Å². The van der Waals surface area contributed by atoms with Gasteiger partial charge in [-0.1, -0.05) is 27.4 Å². The third kappa shape index (κ3) is 1.95. The van der Waals surface area contributed by atoms with Crippen LogP contribution in [0.3, 0.4) is 0 Å². The molecule has 2 nitrogen and oxygen atoms in total. The Balaban J connectivity index is 3.07. The van der Waals surface area contributed by atoms with Crippen LogP contribution in [0.4, 0.5) is 0 Å². The third-order valence-electron chi connectivity index (χ3n) is 2.91. The quantitative estimate of drug-likeness (QED) is 0.683. The van der Waals surface area contributed by atoms with E-state index in [-0.39, 0.29) is 17.2 Å². The first-order valence-corrected chi connectivity index (χ1v) is 5.08. The number of nitrogens with two attached hydrogens (primary N) is 1. The SMILES string of the molecule is C=C1CC(C)(C)C(C(N)CC)=CC1=O. The lowest BCUT2D eigenvalue weighted by Crippen LogP contribution is -2.35. The molecule has 1 aliphatic rings. The highest BCUT2D eigenvalue weighted by atomic mass is 16.1. The highest BCUT2D eigenvalue weighted by Crippen LogP contribution is 2.39. The lowest BCUT2D eigenvalue weighted by Gasteiger charge is -2.35. The second-order valence-electron chi connectivity index (χ2n) is 4.64. The summed E-state index contributed by atoms with van der Waals surface area (Å²) in [5.41, 5.74) is 7.73. The molecule has 1 rings (SSSR count). The maximum Gasteiger partial charge on any atom is 0.181 e. The highest BCUT2D eigenvalue weighted by molar-refractivity contribution is 6.05. The van der Waals surface area contributed by atoms with Gasteiger partial charge in [-0.05, 0) is 35.5 Å². The van der Waals surface area contributed by atoms with Crippen molar-refractivity contribution < 1.29 is 4.79 Å². The molecule has 0 fully saturated rings. The summed E-state index contributed by atoms with van der Waals surface area (Å²) in [6.45, 7) is 10.0. The number of allylic oxidation sites excluding steroid dienone is 2. The van der Waals surface area contributed by atoms with Crippen LogP contribution in [0.1, 0.15) is 33.6 Å². The average molecular weight is 193 g/mol. The van der Waals surface area contributed by atoms with E-state index < -0.39 is 0 Å². The Labute approximate surface area is 85.9 Å². The Hall–Kier alpha value is -0.890. The smallest absolute Gasteiger partial charge is 0.181 e. The minimum Gasteiger partial charge on any atom is -0.324 e. The molecule has 0 saturated carbocycles. The average Bonchev–Trinajstić information content (AvgIpc) is 2.09.